The van der Waals surface area contributed by atoms with E-state index < -0.39 is 0 Å². The van der Waals surface area contributed by atoms with Crippen molar-refractivity contribution in [2.75, 3.05) is 0 Å². The lowest BCUT2D eigenvalue weighted by atomic mass is 10.1. The summed E-state index contributed by atoms with van der Waals surface area (Å²) < 4.78 is 14.9. The minimum absolute atomic E-state index is 0.0337. The molecular formula is C11H14FN3. The Bertz CT molecular complexity index is 488. The summed E-state index contributed by atoms with van der Waals surface area (Å²) >= 11 is 0. The summed E-state index contributed by atoms with van der Waals surface area (Å²) in [5, 5.41) is 5.20. The van der Waals surface area contributed by atoms with Crippen molar-refractivity contribution in [1.29, 1.82) is 0 Å². The van der Waals surface area contributed by atoms with Crippen molar-refractivity contribution in [2.45, 2.75) is 19.4 Å². The molecule has 3 nitrogen and oxygen atoms in total. The zero-order valence-corrected chi connectivity index (χ0v) is 8.87. The molecule has 0 saturated carbocycles. The molecule has 15 heavy (non-hydrogen) atoms. The number of benzene rings is 1. The van der Waals surface area contributed by atoms with Crippen LogP contribution in [0.3, 0.4) is 0 Å². The summed E-state index contributed by atoms with van der Waals surface area (Å²) in [6.45, 7) is 1.92. The SMILES string of the molecule is CC(N)Cc1nn(C)c2ccc(F)cc12. The number of aryl methyl sites for hydroxylation is 1. The van der Waals surface area contributed by atoms with Crippen molar-refractivity contribution in [2.24, 2.45) is 12.8 Å². The molecule has 1 aromatic carbocycles. The quantitative estimate of drug-likeness (QED) is 0.813. The predicted molar refractivity (Wildman–Crippen MR) is 58.0 cm³/mol. The van der Waals surface area contributed by atoms with Crippen LogP contribution in [0.4, 0.5) is 4.39 Å². The van der Waals surface area contributed by atoms with E-state index >= 15 is 0 Å². The highest BCUT2D eigenvalue weighted by atomic mass is 19.1. The lowest BCUT2D eigenvalue weighted by Crippen LogP contribution is -2.18. The number of nitrogens with two attached hydrogens (primary N) is 1. The summed E-state index contributed by atoms with van der Waals surface area (Å²) in [6.07, 6.45) is 0.667. The van der Waals surface area contributed by atoms with E-state index in [0.717, 1.165) is 16.6 Å². The number of halogens is 1. The Balaban J connectivity index is 2.59. The number of aromatic nitrogens is 2. The van der Waals surface area contributed by atoms with E-state index in [1.165, 1.54) is 12.1 Å². The lowest BCUT2D eigenvalue weighted by molar-refractivity contribution is 0.629. The maximum atomic E-state index is 13.1. The summed E-state index contributed by atoms with van der Waals surface area (Å²) in [5.41, 5.74) is 7.52. The van der Waals surface area contributed by atoms with E-state index in [-0.39, 0.29) is 11.9 Å². The van der Waals surface area contributed by atoms with Gasteiger partial charge in [0.25, 0.3) is 0 Å². The van der Waals surface area contributed by atoms with Gasteiger partial charge in [0.05, 0.1) is 11.2 Å². The summed E-state index contributed by atoms with van der Waals surface area (Å²) in [6, 6.07) is 4.73. The van der Waals surface area contributed by atoms with Crippen LogP contribution in [-0.4, -0.2) is 15.8 Å². The second kappa shape index (κ2) is 3.62. The van der Waals surface area contributed by atoms with Gasteiger partial charge in [0.15, 0.2) is 0 Å². The Morgan fingerprint density at radius 1 is 1.53 bits per heavy atom. The largest absolute Gasteiger partial charge is 0.328 e. The molecule has 0 aliphatic carbocycles. The first-order valence-electron chi connectivity index (χ1n) is 4.94. The number of nitrogens with zero attached hydrogens (tertiary/aromatic N) is 2. The molecule has 2 aromatic rings. The van der Waals surface area contributed by atoms with Gasteiger partial charge in [-0.2, -0.15) is 5.10 Å². The van der Waals surface area contributed by atoms with Gasteiger partial charge in [0.1, 0.15) is 5.82 Å². The average Bonchev–Trinajstić information content (AvgIpc) is 2.42. The fourth-order valence-electron chi connectivity index (χ4n) is 1.77. The van der Waals surface area contributed by atoms with Crippen LogP contribution in [0.25, 0.3) is 10.9 Å². The van der Waals surface area contributed by atoms with Crippen molar-refractivity contribution < 1.29 is 4.39 Å². The molecular weight excluding hydrogens is 193 g/mol. The van der Waals surface area contributed by atoms with Crippen LogP contribution in [-0.2, 0) is 13.5 Å². The Kier molecular flexibility index (Phi) is 2.44. The van der Waals surface area contributed by atoms with E-state index in [2.05, 4.69) is 5.10 Å². The molecule has 2 rings (SSSR count). The van der Waals surface area contributed by atoms with Gasteiger partial charge in [0, 0.05) is 24.9 Å². The minimum atomic E-state index is -0.235. The van der Waals surface area contributed by atoms with Crippen molar-refractivity contribution in [1.82, 2.24) is 9.78 Å². The zero-order chi connectivity index (χ0) is 11.0. The van der Waals surface area contributed by atoms with Gasteiger partial charge in [-0.25, -0.2) is 4.39 Å². The summed E-state index contributed by atoms with van der Waals surface area (Å²) in [5.74, 6) is -0.235. The van der Waals surface area contributed by atoms with Crippen molar-refractivity contribution in [3.63, 3.8) is 0 Å². The first kappa shape index (κ1) is 10.1. The van der Waals surface area contributed by atoms with Gasteiger partial charge < -0.3 is 5.73 Å². The Labute approximate surface area is 87.7 Å². The molecule has 0 aliphatic heterocycles. The molecule has 1 unspecified atom stereocenters. The highest BCUT2D eigenvalue weighted by Gasteiger charge is 2.10. The molecule has 0 radical (unpaired) electrons. The number of hydrogen-bond acceptors (Lipinski definition) is 2. The van der Waals surface area contributed by atoms with Gasteiger partial charge in [0.2, 0.25) is 0 Å². The van der Waals surface area contributed by atoms with E-state index in [0.29, 0.717) is 6.42 Å². The standard InChI is InChI=1S/C11H14FN3/c1-7(13)5-10-9-6-8(12)3-4-11(9)15(2)14-10/h3-4,6-7H,5,13H2,1-2H3. The van der Waals surface area contributed by atoms with Gasteiger partial charge in [-0.1, -0.05) is 0 Å². The zero-order valence-electron chi connectivity index (χ0n) is 8.87. The average molecular weight is 207 g/mol. The fourth-order valence-corrected chi connectivity index (χ4v) is 1.77. The highest BCUT2D eigenvalue weighted by Crippen LogP contribution is 2.19. The third-order valence-electron chi connectivity index (χ3n) is 2.40. The van der Waals surface area contributed by atoms with Crippen LogP contribution < -0.4 is 5.73 Å². The first-order chi connectivity index (χ1) is 7.08. The molecule has 1 heterocycles. The topological polar surface area (TPSA) is 43.8 Å². The second-order valence-corrected chi connectivity index (χ2v) is 3.91. The molecule has 0 bridgehead atoms. The van der Waals surface area contributed by atoms with Crippen molar-refractivity contribution in [3.05, 3.63) is 29.7 Å². The molecule has 1 atom stereocenters. The molecule has 0 fully saturated rings. The van der Waals surface area contributed by atoms with Crippen LogP contribution in [0.1, 0.15) is 12.6 Å². The maximum Gasteiger partial charge on any atom is 0.124 e. The Hall–Kier alpha value is -1.42. The first-order valence-corrected chi connectivity index (χ1v) is 4.94. The van der Waals surface area contributed by atoms with E-state index in [4.69, 9.17) is 5.73 Å². The molecule has 0 aliphatic rings. The maximum absolute atomic E-state index is 13.1. The molecule has 0 spiro atoms. The van der Waals surface area contributed by atoms with Crippen molar-refractivity contribution >= 4 is 10.9 Å². The normalized spacial score (nSPS) is 13.3. The van der Waals surface area contributed by atoms with Crippen LogP contribution in [0.15, 0.2) is 18.2 Å². The van der Waals surface area contributed by atoms with Gasteiger partial charge in [-0.3, -0.25) is 4.68 Å². The predicted octanol–water partition coefficient (Wildman–Crippen LogP) is 1.60. The van der Waals surface area contributed by atoms with Gasteiger partial charge in [-0.05, 0) is 25.1 Å². The molecule has 0 amide bonds. The monoisotopic (exact) mass is 207 g/mol. The lowest BCUT2D eigenvalue weighted by Gasteiger charge is -2.01. The molecule has 80 valence electrons. The molecule has 0 saturated heterocycles. The molecule has 1 aromatic heterocycles. The van der Waals surface area contributed by atoms with Crippen LogP contribution in [0.2, 0.25) is 0 Å². The third-order valence-corrected chi connectivity index (χ3v) is 2.40. The minimum Gasteiger partial charge on any atom is -0.328 e. The summed E-state index contributed by atoms with van der Waals surface area (Å²) in [7, 11) is 1.85. The van der Waals surface area contributed by atoms with Crippen LogP contribution in [0, 0.1) is 5.82 Å². The van der Waals surface area contributed by atoms with Crippen LogP contribution >= 0.6 is 0 Å². The fraction of sp³-hybridized carbons (Fsp3) is 0.364. The molecule has 2 N–H and O–H groups in total. The third kappa shape index (κ3) is 1.85. The van der Waals surface area contributed by atoms with E-state index in [9.17, 15) is 4.39 Å². The van der Waals surface area contributed by atoms with Gasteiger partial charge >= 0.3 is 0 Å². The smallest absolute Gasteiger partial charge is 0.124 e. The van der Waals surface area contributed by atoms with Crippen molar-refractivity contribution in [3.8, 4) is 0 Å². The van der Waals surface area contributed by atoms with Crippen LogP contribution in [0.5, 0.6) is 0 Å². The Morgan fingerprint density at radius 3 is 2.93 bits per heavy atom. The summed E-state index contributed by atoms with van der Waals surface area (Å²) in [4.78, 5) is 0. The van der Waals surface area contributed by atoms with E-state index in [1.807, 2.05) is 14.0 Å². The van der Waals surface area contributed by atoms with E-state index in [1.54, 1.807) is 10.7 Å². The van der Waals surface area contributed by atoms with Gasteiger partial charge in [-0.15, -0.1) is 0 Å². The Morgan fingerprint density at radius 2 is 2.27 bits per heavy atom. The number of hydrogen-bond donors (Lipinski definition) is 1. The second-order valence-electron chi connectivity index (χ2n) is 3.91. The highest BCUT2D eigenvalue weighted by molar-refractivity contribution is 5.82. The number of fused-ring (bicyclic) bond motifs is 1. The molecule has 4 heteroatoms. The number of rotatable bonds is 2.